The van der Waals surface area contributed by atoms with Gasteiger partial charge in [0.1, 0.15) is 0 Å². The van der Waals surface area contributed by atoms with Gasteiger partial charge >= 0.3 is 0 Å². The first kappa shape index (κ1) is 15.5. The molecule has 0 heterocycles. The minimum absolute atomic E-state index is 0.117. The van der Waals surface area contributed by atoms with Crippen molar-refractivity contribution >= 4 is 33.4 Å². The lowest BCUT2D eigenvalue weighted by atomic mass is 10.2. The molecule has 0 aliphatic carbocycles. The molecule has 1 aromatic carbocycles. The molecule has 0 aliphatic heterocycles. The molecule has 0 aliphatic rings. The Morgan fingerprint density at radius 2 is 2.28 bits per heavy atom. The fourth-order valence-electron chi connectivity index (χ4n) is 1.50. The molecule has 18 heavy (non-hydrogen) atoms. The number of nitro groups is 1. The minimum Gasteiger partial charge on any atom is -0.310 e. The van der Waals surface area contributed by atoms with E-state index in [1.165, 1.54) is 0 Å². The second-order valence-electron chi connectivity index (χ2n) is 4.11. The fraction of sp³-hybridized carbons (Fsp3) is 0.500. The van der Waals surface area contributed by atoms with Gasteiger partial charge in [0.25, 0.3) is 5.69 Å². The number of benzene rings is 1. The summed E-state index contributed by atoms with van der Waals surface area (Å²) >= 11 is 5.00. The zero-order valence-corrected chi connectivity index (χ0v) is 12.9. The molecule has 0 saturated heterocycles. The van der Waals surface area contributed by atoms with Crippen LogP contribution in [0.3, 0.4) is 0 Å². The van der Waals surface area contributed by atoms with E-state index in [4.69, 9.17) is 0 Å². The zero-order valence-electron chi connectivity index (χ0n) is 10.5. The molecule has 0 amide bonds. The third-order valence-corrected chi connectivity index (χ3v) is 3.93. The third-order valence-electron chi connectivity index (χ3n) is 2.62. The van der Waals surface area contributed by atoms with E-state index in [1.807, 2.05) is 17.8 Å². The van der Waals surface area contributed by atoms with Gasteiger partial charge in [0, 0.05) is 18.7 Å². The van der Waals surface area contributed by atoms with Crippen molar-refractivity contribution < 1.29 is 4.92 Å². The van der Waals surface area contributed by atoms with Gasteiger partial charge in [-0.1, -0.05) is 6.07 Å². The van der Waals surface area contributed by atoms with Crippen LogP contribution in [0.1, 0.15) is 18.9 Å². The van der Waals surface area contributed by atoms with E-state index in [0.717, 1.165) is 17.7 Å². The normalized spacial score (nSPS) is 12.4. The van der Waals surface area contributed by atoms with Crippen LogP contribution in [0.15, 0.2) is 22.7 Å². The number of thioether (sulfide) groups is 1. The summed E-state index contributed by atoms with van der Waals surface area (Å²) in [7, 11) is 0. The Balaban J connectivity index is 2.57. The highest BCUT2D eigenvalue weighted by molar-refractivity contribution is 9.10. The minimum atomic E-state index is -0.370. The molecule has 1 aromatic rings. The van der Waals surface area contributed by atoms with E-state index in [2.05, 4.69) is 34.4 Å². The molecule has 100 valence electrons. The van der Waals surface area contributed by atoms with Crippen molar-refractivity contribution in [3.63, 3.8) is 0 Å². The van der Waals surface area contributed by atoms with E-state index in [-0.39, 0.29) is 10.6 Å². The molecule has 1 unspecified atom stereocenters. The molecule has 0 spiro atoms. The summed E-state index contributed by atoms with van der Waals surface area (Å²) in [6.45, 7) is 2.78. The molecule has 0 fully saturated rings. The third kappa shape index (κ3) is 4.96. The lowest BCUT2D eigenvalue weighted by Crippen LogP contribution is -2.25. The summed E-state index contributed by atoms with van der Waals surface area (Å²) in [5, 5.41) is 14.2. The standard InChI is InChI=1S/C12H17BrN2O2S/c1-9(5-6-18-2)14-8-10-3-4-11(13)12(7-10)15(16)17/h3-4,7,9,14H,5-6,8H2,1-2H3. The van der Waals surface area contributed by atoms with Gasteiger partial charge in [-0.3, -0.25) is 10.1 Å². The maximum atomic E-state index is 10.8. The van der Waals surface area contributed by atoms with Gasteiger partial charge in [0.2, 0.25) is 0 Å². The average Bonchev–Trinajstić information content (AvgIpc) is 2.35. The average molecular weight is 333 g/mol. The maximum absolute atomic E-state index is 10.8. The molecule has 0 bridgehead atoms. The number of nitrogens with zero attached hydrogens (tertiary/aromatic N) is 1. The van der Waals surface area contributed by atoms with Crippen molar-refractivity contribution in [1.29, 1.82) is 0 Å². The van der Waals surface area contributed by atoms with Crippen LogP contribution >= 0.6 is 27.7 Å². The Kier molecular flexibility index (Phi) is 6.67. The summed E-state index contributed by atoms with van der Waals surface area (Å²) in [4.78, 5) is 10.4. The van der Waals surface area contributed by atoms with Crippen LogP contribution in [0.5, 0.6) is 0 Å². The number of rotatable bonds is 7. The molecule has 1 atom stereocenters. The van der Waals surface area contributed by atoms with Crippen molar-refractivity contribution in [2.24, 2.45) is 0 Å². The van der Waals surface area contributed by atoms with Crippen LogP contribution in [-0.4, -0.2) is 23.0 Å². The van der Waals surface area contributed by atoms with Crippen LogP contribution in [0.4, 0.5) is 5.69 Å². The van der Waals surface area contributed by atoms with Gasteiger partial charge in [0.05, 0.1) is 9.40 Å². The highest BCUT2D eigenvalue weighted by Crippen LogP contribution is 2.25. The summed E-state index contributed by atoms with van der Waals surface area (Å²) in [6.07, 6.45) is 3.19. The maximum Gasteiger partial charge on any atom is 0.283 e. The van der Waals surface area contributed by atoms with E-state index in [9.17, 15) is 10.1 Å². The Morgan fingerprint density at radius 1 is 1.56 bits per heavy atom. The van der Waals surface area contributed by atoms with Crippen molar-refractivity contribution in [2.45, 2.75) is 25.9 Å². The Labute approximate surface area is 120 Å². The van der Waals surface area contributed by atoms with Crippen molar-refractivity contribution in [1.82, 2.24) is 5.32 Å². The topological polar surface area (TPSA) is 55.2 Å². The predicted octanol–water partition coefficient (Wildman–Crippen LogP) is 3.59. The van der Waals surface area contributed by atoms with Gasteiger partial charge < -0.3 is 5.32 Å². The number of hydrogen-bond donors (Lipinski definition) is 1. The van der Waals surface area contributed by atoms with Gasteiger partial charge in [-0.15, -0.1) is 0 Å². The molecular weight excluding hydrogens is 316 g/mol. The summed E-state index contributed by atoms with van der Waals surface area (Å²) in [5.41, 5.74) is 1.05. The zero-order chi connectivity index (χ0) is 13.5. The molecular formula is C12H17BrN2O2S. The fourth-order valence-corrected chi connectivity index (χ4v) is 2.48. The molecule has 1 N–H and O–H groups in total. The van der Waals surface area contributed by atoms with Crippen LogP contribution in [-0.2, 0) is 6.54 Å². The highest BCUT2D eigenvalue weighted by Gasteiger charge is 2.12. The Morgan fingerprint density at radius 3 is 2.89 bits per heavy atom. The SMILES string of the molecule is CSCCC(C)NCc1ccc(Br)c([N+](=O)[O-])c1. The van der Waals surface area contributed by atoms with Gasteiger partial charge in [0.15, 0.2) is 0 Å². The first-order valence-electron chi connectivity index (χ1n) is 5.69. The van der Waals surface area contributed by atoms with Crippen LogP contribution in [0.25, 0.3) is 0 Å². The monoisotopic (exact) mass is 332 g/mol. The molecule has 1 rings (SSSR count). The number of halogens is 1. The first-order valence-corrected chi connectivity index (χ1v) is 7.88. The van der Waals surface area contributed by atoms with Crippen LogP contribution < -0.4 is 5.32 Å². The summed E-state index contributed by atoms with van der Waals surface area (Å²) < 4.78 is 0.520. The van der Waals surface area contributed by atoms with Gasteiger partial charge in [-0.2, -0.15) is 11.8 Å². The van der Waals surface area contributed by atoms with Gasteiger partial charge in [-0.25, -0.2) is 0 Å². The summed E-state index contributed by atoms with van der Waals surface area (Å²) in [5.74, 6) is 1.12. The Bertz CT molecular complexity index is 415. The molecule has 0 aromatic heterocycles. The molecule has 0 saturated carbocycles. The van der Waals surface area contributed by atoms with Crippen LogP contribution in [0, 0.1) is 10.1 Å². The van der Waals surface area contributed by atoms with E-state index in [1.54, 1.807) is 12.1 Å². The lowest BCUT2D eigenvalue weighted by Gasteiger charge is -2.13. The largest absolute Gasteiger partial charge is 0.310 e. The second-order valence-corrected chi connectivity index (χ2v) is 5.95. The number of nitro benzene ring substituents is 1. The van der Waals surface area contributed by atoms with E-state index >= 15 is 0 Å². The molecule has 4 nitrogen and oxygen atoms in total. The lowest BCUT2D eigenvalue weighted by molar-refractivity contribution is -0.385. The van der Waals surface area contributed by atoms with E-state index < -0.39 is 0 Å². The Hall–Kier alpha value is -0.590. The quantitative estimate of drug-likeness (QED) is 0.612. The van der Waals surface area contributed by atoms with E-state index in [0.29, 0.717) is 17.1 Å². The highest BCUT2D eigenvalue weighted by atomic mass is 79.9. The van der Waals surface area contributed by atoms with Crippen molar-refractivity contribution in [2.75, 3.05) is 12.0 Å². The van der Waals surface area contributed by atoms with Crippen LogP contribution in [0.2, 0.25) is 0 Å². The smallest absolute Gasteiger partial charge is 0.283 e. The number of hydrogen-bond acceptors (Lipinski definition) is 4. The van der Waals surface area contributed by atoms with Gasteiger partial charge in [-0.05, 0) is 52.9 Å². The first-order chi connectivity index (χ1) is 8.54. The molecule has 0 radical (unpaired) electrons. The number of nitrogens with one attached hydrogen (secondary N) is 1. The van der Waals surface area contributed by atoms with Crippen molar-refractivity contribution in [3.8, 4) is 0 Å². The second kappa shape index (κ2) is 7.76. The summed E-state index contributed by atoms with van der Waals surface area (Å²) in [6, 6.07) is 5.64. The molecule has 6 heteroatoms. The van der Waals surface area contributed by atoms with Crippen molar-refractivity contribution in [3.05, 3.63) is 38.3 Å². The predicted molar refractivity (Wildman–Crippen MR) is 80.1 cm³/mol.